The van der Waals surface area contributed by atoms with E-state index in [1.807, 2.05) is 0 Å². The second-order valence-electron chi connectivity index (χ2n) is 9.21. The number of rotatable bonds is 17. The SMILES string of the molecule is CCCCCCCCCCCCCCCCN1C=C[NH+](C)C1.O=S(=O)(NS(=O)(=O)C(F)(F)F)C(F)(F)F. The molecule has 1 heterocycles. The third-order valence-electron chi connectivity index (χ3n) is 5.65. The van der Waals surface area contributed by atoms with Crippen LogP contribution in [0.15, 0.2) is 12.4 Å². The lowest BCUT2D eigenvalue weighted by Gasteiger charge is -2.14. The number of nitrogens with zero attached hydrogens (tertiary/aromatic N) is 1. The largest absolute Gasteiger partial charge is 0.512 e. The van der Waals surface area contributed by atoms with Crippen LogP contribution in [0.3, 0.4) is 0 Å². The Bertz CT molecular complexity index is 805. The summed E-state index contributed by atoms with van der Waals surface area (Å²) in [4.78, 5) is 3.96. The number of alkyl halides is 6. The van der Waals surface area contributed by atoms with Gasteiger partial charge in [-0.25, -0.2) is 16.8 Å². The van der Waals surface area contributed by atoms with Gasteiger partial charge in [-0.2, -0.15) is 26.3 Å². The minimum Gasteiger partial charge on any atom is -0.326 e. The summed E-state index contributed by atoms with van der Waals surface area (Å²) in [6, 6.07) is 0. The molecule has 2 N–H and O–H groups in total. The van der Waals surface area contributed by atoms with Crippen molar-refractivity contribution >= 4 is 20.0 Å². The summed E-state index contributed by atoms with van der Waals surface area (Å²) in [6.07, 6.45) is 24.8. The molecular formula is C22H42F6N3O4S2+. The molecule has 1 aliphatic heterocycles. The zero-order valence-electron chi connectivity index (χ0n) is 21.6. The fourth-order valence-electron chi connectivity index (χ4n) is 3.56. The van der Waals surface area contributed by atoms with Gasteiger partial charge in [-0.05, 0) is 6.42 Å². The fraction of sp³-hybridized carbons (Fsp3) is 0.909. The van der Waals surface area contributed by atoms with Gasteiger partial charge in [0.1, 0.15) is 6.20 Å². The molecule has 0 aromatic heterocycles. The van der Waals surface area contributed by atoms with Gasteiger partial charge in [-0.3, -0.25) is 4.90 Å². The van der Waals surface area contributed by atoms with E-state index in [2.05, 4.69) is 31.3 Å². The van der Waals surface area contributed by atoms with Gasteiger partial charge < -0.3 is 4.90 Å². The molecule has 7 nitrogen and oxygen atoms in total. The quantitative estimate of drug-likeness (QED) is 0.184. The average Bonchev–Trinajstić information content (AvgIpc) is 3.17. The Morgan fingerprint density at radius 1 is 0.703 bits per heavy atom. The first-order valence-corrected chi connectivity index (χ1v) is 15.7. The number of sulfonamides is 2. The maximum atomic E-state index is 11.5. The number of quaternary nitrogens is 1. The van der Waals surface area contributed by atoms with Crippen LogP contribution in [0.4, 0.5) is 26.3 Å². The zero-order valence-corrected chi connectivity index (χ0v) is 23.3. The molecule has 0 aromatic carbocycles. The highest BCUT2D eigenvalue weighted by Gasteiger charge is 2.55. The van der Waals surface area contributed by atoms with Crippen molar-refractivity contribution < 1.29 is 48.1 Å². The van der Waals surface area contributed by atoms with Crippen LogP contribution in [0.1, 0.15) is 96.8 Å². The summed E-state index contributed by atoms with van der Waals surface area (Å²) in [5.74, 6) is 0. The lowest BCUT2D eigenvalue weighted by atomic mass is 10.0. The van der Waals surface area contributed by atoms with Gasteiger partial charge in [-0.1, -0.05) is 94.5 Å². The summed E-state index contributed by atoms with van der Waals surface area (Å²) in [5, 5.41) is 0. The Balaban J connectivity index is 0.000000757. The number of hydrogen-bond acceptors (Lipinski definition) is 5. The standard InChI is InChI=1S/C20H40N2.C2HF6NO4S2/c1-3-4-5-6-7-8-9-10-11-12-13-14-15-16-17-22-19-18-21(2)20-22;3-1(4,5)14(10,11)9-15(12,13)2(6,7)8/h18-19H,3-17,20H2,1-2H3;9H/p+1. The van der Waals surface area contributed by atoms with Crippen LogP contribution >= 0.6 is 0 Å². The summed E-state index contributed by atoms with van der Waals surface area (Å²) in [6.45, 7) is 4.72. The monoisotopic (exact) mass is 590 g/mol. The van der Waals surface area contributed by atoms with Gasteiger partial charge in [0.15, 0.2) is 6.67 Å². The van der Waals surface area contributed by atoms with Crippen LogP contribution in [-0.2, 0) is 20.0 Å². The molecular weight excluding hydrogens is 548 g/mol. The minimum absolute atomic E-state index is 0.493. The van der Waals surface area contributed by atoms with E-state index in [1.54, 1.807) is 0 Å². The Labute approximate surface area is 217 Å². The van der Waals surface area contributed by atoms with Crippen LogP contribution in [0.25, 0.3) is 0 Å². The minimum atomic E-state index is -6.60. The number of halogens is 6. The summed E-state index contributed by atoms with van der Waals surface area (Å²) < 4.78 is 108. The molecule has 1 rings (SSSR count). The van der Waals surface area contributed by atoms with Gasteiger partial charge in [-0.15, -0.1) is 0 Å². The highest BCUT2D eigenvalue weighted by molar-refractivity contribution is 8.05. The van der Waals surface area contributed by atoms with Gasteiger partial charge in [0, 0.05) is 6.54 Å². The van der Waals surface area contributed by atoms with Crippen molar-refractivity contribution in [3.8, 4) is 0 Å². The molecule has 1 aliphatic rings. The van der Waals surface area contributed by atoms with Crippen molar-refractivity contribution in [3.63, 3.8) is 0 Å². The number of nitrogens with one attached hydrogen (secondary N) is 2. The summed E-state index contributed by atoms with van der Waals surface area (Å²) in [7, 11) is -11.0. The van der Waals surface area contributed by atoms with Crippen LogP contribution in [0.2, 0.25) is 0 Å². The van der Waals surface area contributed by atoms with Crippen LogP contribution in [0, 0.1) is 0 Å². The van der Waals surface area contributed by atoms with Gasteiger partial charge in [0.2, 0.25) is 0 Å². The van der Waals surface area contributed by atoms with E-state index >= 15 is 0 Å². The first-order valence-electron chi connectivity index (χ1n) is 12.7. The Hall–Kier alpha value is -1.06. The Morgan fingerprint density at radius 3 is 1.35 bits per heavy atom. The van der Waals surface area contributed by atoms with E-state index in [0.29, 0.717) is 0 Å². The van der Waals surface area contributed by atoms with Crippen molar-refractivity contribution in [3.05, 3.63) is 12.4 Å². The molecule has 0 aliphatic carbocycles. The highest BCUT2D eigenvalue weighted by Crippen LogP contribution is 2.27. The Morgan fingerprint density at radius 2 is 1.05 bits per heavy atom. The summed E-state index contributed by atoms with van der Waals surface area (Å²) >= 11 is 0. The Kier molecular flexibility index (Phi) is 17.0. The zero-order chi connectivity index (χ0) is 28.6. The molecule has 0 fully saturated rings. The normalized spacial score (nSPS) is 16.6. The maximum absolute atomic E-state index is 11.5. The predicted molar refractivity (Wildman–Crippen MR) is 131 cm³/mol. The molecule has 0 saturated heterocycles. The second kappa shape index (κ2) is 17.5. The first-order chi connectivity index (χ1) is 17.0. The molecule has 0 amide bonds. The van der Waals surface area contributed by atoms with Crippen molar-refractivity contribution in [1.29, 1.82) is 0 Å². The molecule has 1 atom stereocenters. The lowest BCUT2D eigenvalue weighted by molar-refractivity contribution is -0.826. The van der Waals surface area contributed by atoms with E-state index < -0.39 is 35.2 Å². The number of unbranched alkanes of at least 4 members (excludes halogenated alkanes) is 13. The average molecular weight is 591 g/mol. The predicted octanol–water partition coefficient (Wildman–Crippen LogP) is 5.00. The second-order valence-corrected chi connectivity index (χ2v) is 12.8. The van der Waals surface area contributed by atoms with E-state index in [1.165, 1.54) is 108 Å². The first kappa shape index (κ1) is 35.9. The van der Waals surface area contributed by atoms with Crippen LogP contribution < -0.4 is 9.03 Å². The molecule has 0 spiro atoms. The van der Waals surface area contributed by atoms with E-state index in [-0.39, 0.29) is 0 Å². The summed E-state index contributed by atoms with van der Waals surface area (Å²) in [5.41, 5.74) is -12.3. The van der Waals surface area contributed by atoms with Gasteiger partial charge in [0.25, 0.3) is 0 Å². The molecule has 0 aromatic rings. The topological polar surface area (TPSA) is 88.0 Å². The highest BCUT2D eigenvalue weighted by atomic mass is 32.3. The smallest absolute Gasteiger partial charge is 0.326 e. The van der Waals surface area contributed by atoms with Crippen molar-refractivity contribution in [1.82, 2.24) is 9.03 Å². The number of hydrogen-bond donors (Lipinski definition) is 2. The van der Waals surface area contributed by atoms with E-state index in [0.717, 1.165) is 0 Å². The fourth-order valence-corrected chi connectivity index (χ4v) is 5.47. The van der Waals surface area contributed by atoms with Crippen molar-refractivity contribution in [2.24, 2.45) is 0 Å². The van der Waals surface area contributed by atoms with Crippen LogP contribution in [-0.4, -0.2) is 53.0 Å². The van der Waals surface area contributed by atoms with Crippen LogP contribution in [0.5, 0.6) is 0 Å². The third-order valence-corrected chi connectivity index (χ3v) is 8.62. The van der Waals surface area contributed by atoms with Gasteiger partial charge >= 0.3 is 31.1 Å². The van der Waals surface area contributed by atoms with E-state index in [9.17, 15) is 43.2 Å². The molecule has 0 saturated carbocycles. The molecule has 222 valence electrons. The van der Waals surface area contributed by atoms with Gasteiger partial charge in [0.05, 0.1) is 13.2 Å². The third kappa shape index (κ3) is 16.5. The molecule has 15 heteroatoms. The lowest BCUT2D eigenvalue weighted by Crippen LogP contribution is -3.03. The van der Waals surface area contributed by atoms with E-state index in [4.69, 9.17) is 0 Å². The van der Waals surface area contributed by atoms with Crippen molar-refractivity contribution in [2.75, 3.05) is 20.3 Å². The van der Waals surface area contributed by atoms with Crippen molar-refractivity contribution in [2.45, 2.75) is 108 Å². The maximum Gasteiger partial charge on any atom is 0.512 e. The molecule has 0 bridgehead atoms. The molecule has 1 unspecified atom stereocenters. The molecule has 0 radical (unpaired) electrons. The molecule has 37 heavy (non-hydrogen) atoms.